The lowest BCUT2D eigenvalue weighted by atomic mass is 9.32. The smallest absolute Gasteiger partial charge is 0.338 e. The van der Waals surface area contributed by atoms with Crippen molar-refractivity contribution in [1.82, 2.24) is 0 Å². The molecule has 22 heteroatoms. The van der Waals surface area contributed by atoms with Crippen molar-refractivity contribution in [2.24, 2.45) is 50.2 Å². The van der Waals surface area contributed by atoms with Crippen molar-refractivity contribution in [3.63, 3.8) is 0 Å². The van der Waals surface area contributed by atoms with E-state index < -0.39 is 181 Å². The first kappa shape index (κ1) is 65.0. The van der Waals surface area contributed by atoms with Crippen LogP contribution < -0.4 is 0 Å². The van der Waals surface area contributed by atoms with Gasteiger partial charge in [-0.25, -0.2) is 9.59 Å². The fraction of sp³-hybridized carbons (Fsp3) is 0.850. The largest absolute Gasteiger partial charge is 0.467 e. The van der Waals surface area contributed by atoms with Gasteiger partial charge < -0.3 is 93.7 Å². The Balaban J connectivity index is 1.12. The van der Waals surface area contributed by atoms with Gasteiger partial charge in [0.2, 0.25) is 0 Å². The van der Waals surface area contributed by atoms with E-state index in [0.29, 0.717) is 51.4 Å². The van der Waals surface area contributed by atoms with E-state index >= 15 is 0 Å². The molecule has 10 N–H and O–H groups in total. The number of carbonyl (C=O) groups is 3. The first-order valence-electron chi connectivity index (χ1n) is 29.3. The standard InChI is InChI=1S/C60H94O22/c1-28(2)14-13-15-29(3)22-39(65)78-38-24-55(5,6)23-32-31-16-17-36-57(9)20-19-37(56(7,8)35(57)18-21-58(36,10)59(31,11)49(71)50(72)60(32,38)27-62)79-54-48(82-53-44(70)42(68)41(67)34(25-61)77-53)46(76-30(4)63)45(47(81-54)51(73)74-12)80-52-43(69)40(66)33(64)26-75-52/h14,16,22,32-38,40-50,52-54,61-62,64,66-72H,13,15,17-21,23-27H2,1-12H3/b29-22+/t32-,33-,34+,35-,36+,37-,38-,40-,41+,42-,43+,44+,45-,46-,47-,48+,49-,50+,52-,53-,54+,57-,58+,59-,60+/m0/s1. The van der Waals surface area contributed by atoms with Crippen LogP contribution in [0.3, 0.4) is 0 Å². The first-order valence-corrected chi connectivity index (χ1v) is 29.3. The number of rotatable bonds is 15. The zero-order chi connectivity index (χ0) is 60.6. The highest BCUT2D eigenvalue weighted by atomic mass is 16.8. The van der Waals surface area contributed by atoms with Gasteiger partial charge >= 0.3 is 17.9 Å². The fourth-order valence-corrected chi connectivity index (χ4v) is 16.8. The number of aliphatic hydroxyl groups is 10. The molecular formula is C60H94O22. The Morgan fingerprint density at radius 3 is 2.01 bits per heavy atom. The van der Waals surface area contributed by atoms with Crippen molar-refractivity contribution in [2.75, 3.05) is 26.9 Å². The van der Waals surface area contributed by atoms with Crippen molar-refractivity contribution in [2.45, 2.75) is 244 Å². The van der Waals surface area contributed by atoms with Gasteiger partial charge in [-0.05, 0) is 118 Å². The van der Waals surface area contributed by atoms with E-state index in [0.717, 1.165) is 31.6 Å². The molecule has 8 aliphatic rings. The maximum atomic E-state index is 13.9. The minimum absolute atomic E-state index is 0.0685. The minimum Gasteiger partial charge on any atom is -0.467 e. The summed E-state index contributed by atoms with van der Waals surface area (Å²) >= 11 is 0. The van der Waals surface area contributed by atoms with E-state index in [-0.39, 0.29) is 17.3 Å². The Labute approximate surface area is 481 Å². The Bertz CT molecular complexity index is 2400. The number of carbonyl (C=O) groups excluding carboxylic acids is 3. The molecule has 466 valence electrons. The van der Waals surface area contributed by atoms with Crippen LogP contribution >= 0.6 is 0 Å². The Morgan fingerprint density at radius 2 is 1.38 bits per heavy atom. The minimum atomic E-state index is -1.98. The van der Waals surface area contributed by atoms with Crippen molar-refractivity contribution in [1.29, 1.82) is 0 Å². The third-order valence-corrected chi connectivity index (χ3v) is 21.3. The van der Waals surface area contributed by atoms with E-state index in [9.17, 15) is 65.4 Å². The lowest BCUT2D eigenvalue weighted by Crippen LogP contribution is -2.74. The van der Waals surface area contributed by atoms with Crippen molar-refractivity contribution in [3.8, 4) is 0 Å². The lowest BCUT2D eigenvalue weighted by molar-refractivity contribution is -0.388. The van der Waals surface area contributed by atoms with Crippen LogP contribution in [0, 0.1) is 50.2 Å². The molecule has 0 radical (unpaired) electrons. The monoisotopic (exact) mass is 1170 g/mol. The summed E-state index contributed by atoms with van der Waals surface area (Å²) in [5.41, 5.74) is -1.58. The van der Waals surface area contributed by atoms with Gasteiger partial charge in [0, 0.05) is 18.4 Å². The summed E-state index contributed by atoms with van der Waals surface area (Å²) in [7, 11) is 1.07. The average Bonchev–Trinajstić information content (AvgIpc) is 2.50. The number of aliphatic hydroxyl groups excluding tert-OH is 10. The summed E-state index contributed by atoms with van der Waals surface area (Å²) in [4.78, 5) is 40.8. The van der Waals surface area contributed by atoms with Crippen molar-refractivity contribution < 1.29 is 108 Å². The summed E-state index contributed by atoms with van der Waals surface area (Å²) in [6, 6.07) is 0. The van der Waals surface area contributed by atoms with E-state index in [2.05, 4.69) is 60.6 Å². The molecule has 0 amide bonds. The molecular weight excluding hydrogens is 1070 g/mol. The molecule has 0 aromatic heterocycles. The number of hydrogen-bond donors (Lipinski definition) is 10. The summed E-state index contributed by atoms with van der Waals surface area (Å²) in [6.45, 7) is 20.1. The molecule has 0 spiro atoms. The zero-order valence-corrected chi connectivity index (χ0v) is 49.7. The van der Waals surface area contributed by atoms with E-state index in [4.69, 9.17) is 42.6 Å². The molecule has 8 rings (SSSR count). The summed E-state index contributed by atoms with van der Waals surface area (Å²) < 4.78 is 54.8. The molecule has 0 unspecified atom stereocenters. The van der Waals surface area contributed by atoms with Crippen molar-refractivity contribution >= 4 is 17.9 Å². The fourth-order valence-electron chi connectivity index (χ4n) is 16.8. The Hall–Kier alpha value is -3.01. The predicted molar refractivity (Wildman–Crippen MR) is 289 cm³/mol. The zero-order valence-electron chi connectivity index (χ0n) is 49.7. The van der Waals surface area contributed by atoms with Crippen LogP contribution in [-0.2, 0) is 57.0 Å². The molecule has 3 heterocycles. The van der Waals surface area contributed by atoms with Crippen LogP contribution in [0.15, 0.2) is 34.9 Å². The van der Waals surface area contributed by atoms with Gasteiger partial charge in [-0.2, -0.15) is 0 Å². The van der Waals surface area contributed by atoms with Crippen LogP contribution in [0.4, 0.5) is 0 Å². The maximum absolute atomic E-state index is 13.9. The van der Waals surface area contributed by atoms with Gasteiger partial charge in [0.05, 0.1) is 50.7 Å². The van der Waals surface area contributed by atoms with Crippen LogP contribution in [0.5, 0.6) is 0 Å². The molecule has 4 saturated carbocycles. The highest BCUT2D eigenvalue weighted by Crippen LogP contribution is 2.76. The molecule has 7 fully saturated rings. The number of ether oxygens (including phenoxy) is 9. The number of fused-ring (bicyclic) bond motifs is 7. The lowest BCUT2D eigenvalue weighted by Gasteiger charge is -2.73. The van der Waals surface area contributed by atoms with Gasteiger partial charge in [0.25, 0.3) is 0 Å². The van der Waals surface area contributed by atoms with E-state index in [1.54, 1.807) is 0 Å². The number of hydrogen-bond acceptors (Lipinski definition) is 22. The average molecular weight is 1170 g/mol. The molecule has 82 heavy (non-hydrogen) atoms. The van der Waals surface area contributed by atoms with Gasteiger partial charge in [-0.1, -0.05) is 77.3 Å². The highest BCUT2D eigenvalue weighted by molar-refractivity contribution is 5.83. The second-order valence-electron chi connectivity index (χ2n) is 27.3. The number of allylic oxidation sites excluding steroid dienone is 4. The summed E-state index contributed by atoms with van der Waals surface area (Å²) in [6.07, 6.45) is -18.2. The second-order valence-corrected chi connectivity index (χ2v) is 27.3. The molecule has 0 aromatic carbocycles. The number of esters is 3. The molecule has 3 saturated heterocycles. The van der Waals surface area contributed by atoms with Crippen LogP contribution in [0.1, 0.15) is 134 Å². The van der Waals surface area contributed by atoms with Crippen LogP contribution in [0.2, 0.25) is 0 Å². The molecule has 0 bridgehead atoms. The van der Waals surface area contributed by atoms with E-state index in [1.807, 2.05) is 20.8 Å². The number of methoxy groups -OCH3 is 1. The van der Waals surface area contributed by atoms with Gasteiger partial charge in [-0.15, -0.1) is 0 Å². The SMILES string of the molecule is COC(=O)[C@H]1O[C@@H](O[C@H]2CC[C@]3(C)[C@H]4CC=C5[C@@H]6CC(C)(C)C[C@H](OC(=O)/C=C(\C)CCC=C(C)C)[C@]6(CO)[C@H](O)[C@H](O)[C@@]5(C)[C@]4(C)CC[C@H]3C2(C)C)[C@H](O[C@@H]2O[C@H](CO)[C@@H](O)[C@H](O)[C@H]2O)[C@@H](OC(C)=O)[C@@H]1O[C@@H]1OC[C@H](O)[C@H](O)[C@H]1O. The highest BCUT2D eigenvalue weighted by Gasteiger charge is 2.75. The maximum Gasteiger partial charge on any atom is 0.338 e. The molecule has 5 aliphatic carbocycles. The quantitative estimate of drug-likeness (QED) is 0.0369. The van der Waals surface area contributed by atoms with E-state index in [1.165, 1.54) is 11.6 Å². The molecule has 25 atom stereocenters. The first-order chi connectivity index (χ1) is 38.3. The van der Waals surface area contributed by atoms with Gasteiger partial charge in [0.1, 0.15) is 54.9 Å². The summed E-state index contributed by atoms with van der Waals surface area (Å²) in [5, 5.41) is 112. The van der Waals surface area contributed by atoms with Crippen LogP contribution in [0.25, 0.3) is 0 Å². The predicted octanol–water partition coefficient (Wildman–Crippen LogP) is 2.16. The summed E-state index contributed by atoms with van der Waals surface area (Å²) in [5.74, 6) is -3.14. The second kappa shape index (κ2) is 24.3. The third-order valence-electron chi connectivity index (χ3n) is 21.3. The van der Waals surface area contributed by atoms with Gasteiger partial charge in [-0.3, -0.25) is 4.79 Å². The third kappa shape index (κ3) is 11.2. The topological polar surface area (TPSA) is 337 Å². The normalized spacial score (nSPS) is 47.0. The molecule has 22 nitrogen and oxygen atoms in total. The Kier molecular flexibility index (Phi) is 19.2. The molecule has 0 aromatic rings. The van der Waals surface area contributed by atoms with Crippen LogP contribution in [-0.4, -0.2) is 206 Å². The molecule has 3 aliphatic heterocycles. The van der Waals surface area contributed by atoms with Crippen molar-refractivity contribution in [3.05, 3.63) is 34.9 Å². The van der Waals surface area contributed by atoms with Gasteiger partial charge in [0.15, 0.2) is 37.2 Å². The Morgan fingerprint density at radius 1 is 0.707 bits per heavy atom.